The van der Waals surface area contributed by atoms with Crippen LogP contribution in [0.3, 0.4) is 0 Å². The highest BCUT2D eigenvalue weighted by molar-refractivity contribution is 7.84. The number of carbonyl (C=O) groups is 1. The number of hydrogen-bond acceptors (Lipinski definition) is 10. The maximum Gasteiger partial charge on any atom is 0.412 e. The third-order valence-electron chi connectivity index (χ3n) is 7.38. The molecule has 2 fully saturated rings. The highest BCUT2D eigenvalue weighted by atomic mass is 32.2. The van der Waals surface area contributed by atoms with Gasteiger partial charge in [0.25, 0.3) is 0 Å². The van der Waals surface area contributed by atoms with Crippen molar-refractivity contribution < 1.29 is 23.2 Å². The quantitative estimate of drug-likeness (QED) is 0.523. The van der Waals surface area contributed by atoms with Gasteiger partial charge in [0.2, 0.25) is 11.0 Å². The number of amides is 1. The van der Waals surface area contributed by atoms with E-state index < -0.39 is 33.9 Å². The van der Waals surface area contributed by atoms with E-state index in [1.807, 2.05) is 0 Å². The van der Waals surface area contributed by atoms with Crippen LogP contribution in [-0.4, -0.2) is 69.0 Å². The van der Waals surface area contributed by atoms with E-state index in [-0.39, 0.29) is 28.8 Å². The topological polar surface area (TPSA) is 132 Å². The summed E-state index contributed by atoms with van der Waals surface area (Å²) in [7, 11) is -1.54. The lowest BCUT2D eigenvalue weighted by molar-refractivity contribution is 0.0444. The summed E-state index contributed by atoms with van der Waals surface area (Å²) >= 11 is 1.38. The monoisotopic (exact) mass is 576 g/mol. The Morgan fingerprint density at radius 1 is 1.23 bits per heavy atom. The number of halogens is 1. The fourth-order valence-corrected chi connectivity index (χ4v) is 7.47. The summed E-state index contributed by atoms with van der Waals surface area (Å²) in [5.41, 5.74) is -0.688. The Balaban J connectivity index is 1.43. The second kappa shape index (κ2) is 9.67. The second-order valence-electron chi connectivity index (χ2n) is 11.9. The van der Waals surface area contributed by atoms with Gasteiger partial charge in [0.15, 0.2) is 11.6 Å². The number of aliphatic hydroxyl groups is 1. The Bertz CT molecular complexity index is 1390. The molecule has 2 aromatic heterocycles. The Kier molecular flexibility index (Phi) is 6.88. The lowest BCUT2D eigenvalue weighted by Crippen LogP contribution is -2.59. The molecule has 1 aliphatic carbocycles. The standard InChI is InChI=1S/C26H33FN6O4S2/c1-24(2,3)37-23(34)31-21-15(11-28)17-16(38-21)7-9-26(17)13-33(14-26)20-18(27)19(29-22(30-20)39(5)36)32-10-6-8-25(4,35)12-32/h35H,6-10,12-14H2,1-5H3,(H,31,34)/t25-,39?/m0/s1. The summed E-state index contributed by atoms with van der Waals surface area (Å²) in [6.45, 7) is 8.64. The molecular weight excluding hydrogens is 543 g/mol. The molecule has 4 heterocycles. The van der Waals surface area contributed by atoms with Gasteiger partial charge in [-0.05, 0) is 58.9 Å². The summed E-state index contributed by atoms with van der Waals surface area (Å²) in [6.07, 6.45) is 3.68. The van der Waals surface area contributed by atoms with Gasteiger partial charge in [0, 0.05) is 42.7 Å². The van der Waals surface area contributed by atoms with Crippen molar-refractivity contribution in [2.45, 2.75) is 75.2 Å². The van der Waals surface area contributed by atoms with Crippen LogP contribution < -0.4 is 15.1 Å². The van der Waals surface area contributed by atoms with E-state index in [2.05, 4.69) is 21.4 Å². The summed E-state index contributed by atoms with van der Waals surface area (Å²) in [5.74, 6) is -0.473. The van der Waals surface area contributed by atoms with E-state index in [9.17, 15) is 19.4 Å². The summed E-state index contributed by atoms with van der Waals surface area (Å²) < 4.78 is 33.7. The molecule has 2 saturated heterocycles. The number of nitrogens with one attached hydrogen (secondary N) is 1. The number of aryl methyl sites for hydroxylation is 1. The van der Waals surface area contributed by atoms with Crippen LogP contribution in [0.25, 0.3) is 0 Å². The SMILES string of the molecule is CS(=O)c1nc(N2CC3(CCc4sc(NC(=O)OC(C)(C)C)c(C#N)c43)C2)c(F)c(N2CCC[C@](C)(O)C2)n1. The van der Waals surface area contributed by atoms with Gasteiger partial charge in [-0.2, -0.15) is 19.6 Å². The number of fused-ring (bicyclic) bond motifs is 2. The molecule has 0 aromatic carbocycles. The van der Waals surface area contributed by atoms with Gasteiger partial charge in [-0.25, -0.2) is 4.79 Å². The molecule has 5 rings (SSSR count). The minimum Gasteiger partial charge on any atom is -0.444 e. The lowest BCUT2D eigenvalue weighted by atomic mass is 9.74. The predicted molar refractivity (Wildman–Crippen MR) is 147 cm³/mol. The minimum absolute atomic E-state index is 0.0387. The molecule has 0 radical (unpaired) electrons. The molecule has 0 saturated carbocycles. The van der Waals surface area contributed by atoms with Gasteiger partial charge in [-0.15, -0.1) is 11.3 Å². The van der Waals surface area contributed by atoms with E-state index >= 15 is 4.39 Å². The fraction of sp³-hybridized carbons (Fsp3) is 0.615. The Morgan fingerprint density at radius 2 is 1.90 bits per heavy atom. The van der Waals surface area contributed by atoms with E-state index in [1.54, 1.807) is 37.5 Å². The van der Waals surface area contributed by atoms with Crippen molar-refractivity contribution in [1.82, 2.24) is 9.97 Å². The van der Waals surface area contributed by atoms with Gasteiger partial charge < -0.3 is 19.6 Å². The largest absolute Gasteiger partial charge is 0.444 e. The van der Waals surface area contributed by atoms with Gasteiger partial charge in [-0.3, -0.25) is 9.53 Å². The molecule has 1 unspecified atom stereocenters. The van der Waals surface area contributed by atoms with Crippen molar-refractivity contribution in [3.63, 3.8) is 0 Å². The molecule has 0 bridgehead atoms. The Labute approximate surface area is 233 Å². The van der Waals surface area contributed by atoms with Crippen LogP contribution in [0.2, 0.25) is 0 Å². The lowest BCUT2D eigenvalue weighted by Gasteiger charge is -2.49. The molecule has 10 nitrogen and oxygen atoms in total. The first-order valence-corrected chi connectivity index (χ1v) is 15.3. The van der Waals surface area contributed by atoms with E-state index in [4.69, 9.17) is 4.74 Å². The Morgan fingerprint density at radius 3 is 2.49 bits per heavy atom. The number of anilines is 3. The zero-order valence-electron chi connectivity index (χ0n) is 22.8. The molecule has 2 N–H and O–H groups in total. The molecule has 39 heavy (non-hydrogen) atoms. The van der Waals surface area contributed by atoms with Crippen LogP contribution in [0.15, 0.2) is 5.16 Å². The molecule has 13 heteroatoms. The maximum absolute atomic E-state index is 15.9. The van der Waals surface area contributed by atoms with Crippen LogP contribution in [0.4, 0.5) is 25.8 Å². The minimum atomic E-state index is -1.54. The number of aromatic nitrogens is 2. The Hall–Kier alpha value is -2.82. The van der Waals surface area contributed by atoms with Gasteiger partial charge in [0.1, 0.15) is 16.7 Å². The highest BCUT2D eigenvalue weighted by Crippen LogP contribution is 2.53. The number of thiophene rings is 1. The zero-order chi connectivity index (χ0) is 28.3. The summed E-state index contributed by atoms with van der Waals surface area (Å²) in [4.78, 5) is 25.5. The third-order valence-corrected chi connectivity index (χ3v) is 9.24. The molecule has 3 aliphatic rings. The van der Waals surface area contributed by atoms with Crippen molar-refractivity contribution >= 4 is 44.9 Å². The molecule has 1 spiro atoms. The summed E-state index contributed by atoms with van der Waals surface area (Å²) in [6, 6.07) is 2.27. The fourth-order valence-electron chi connectivity index (χ4n) is 5.79. The number of hydrogen-bond donors (Lipinski definition) is 2. The van der Waals surface area contributed by atoms with Crippen LogP contribution in [0.5, 0.6) is 0 Å². The first-order valence-electron chi connectivity index (χ1n) is 12.9. The number of nitriles is 1. The van der Waals surface area contributed by atoms with Crippen molar-refractivity contribution in [2.24, 2.45) is 0 Å². The molecule has 1 amide bonds. The number of carbonyl (C=O) groups excluding carboxylic acids is 1. The molecule has 2 atom stereocenters. The molecule has 210 valence electrons. The first-order chi connectivity index (χ1) is 18.2. The normalized spacial score (nSPS) is 22.7. The molecule has 2 aromatic rings. The predicted octanol–water partition coefficient (Wildman–Crippen LogP) is 3.69. The van der Waals surface area contributed by atoms with Crippen molar-refractivity contribution in [1.29, 1.82) is 5.26 Å². The number of rotatable bonds is 4. The number of β-amino-alcohol motifs (C(OH)–C–C–N with tert-alkyl or cyclic N) is 1. The molecule has 2 aliphatic heterocycles. The van der Waals surface area contributed by atoms with Gasteiger partial charge in [-0.1, -0.05) is 0 Å². The van der Waals surface area contributed by atoms with Gasteiger partial charge >= 0.3 is 6.09 Å². The zero-order valence-corrected chi connectivity index (χ0v) is 24.4. The van der Waals surface area contributed by atoms with E-state index in [0.717, 1.165) is 23.3 Å². The van der Waals surface area contributed by atoms with Gasteiger partial charge in [0.05, 0.1) is 22.0 Å². The smallest absolute Gasteiger partial charge is 0.412 e. The average molecular weight is 577 g/mol. The summed E-state index contributed by atoms with van der Waals surface area (Å²) in [5, 5.41) is 23.8. The van der Waals surface area contributed by atoms with Crippen molar-refractivity contribution in [2.75, 3.05) is 47.6 Å². The maximum atomic E-state index is 15.9. The number of piperidine rings is 1. The van der Waals surface area contributed by atoms with Crippen molar-refractivity contribution in [3.05, 3.63) is 21.8 Å². The van der Waals surface area contributed by atoms with Crippen LogP contribution in [0, 0.1) is 17.1 Å². The van der Waals surface area contributed by atoms with Crippen LogP contribution in [0.1, 0.15) is 63.0 Å². The highest BCUT2D eigenvalue weighted by Gasteiger charge is 2.52. The van der Waals surface area contributed by atoms with E-state index in [0.29, 0.717) is 43.0 Å². The second-order valence-corrected chi connectivity index (χ2v) is 14.3. The van der Waals surface area contributed by atoms with Crippen LogP contribution in [-0.2, 0) is 27.4 Å². The third kappa shape index (κ3) is 5.21. The van der Waals surface area contributed by atoms with E-state index in [1.165, 1.54) is 17.6 Å². The number of ether oxygens (including phenoxy) is 1. The number of nitrogens with zero attached hydrogens (tertiary/aromatic N) is 5. The molecular formula is C26H33FN6O4S2. The average Bonchev–Trinajstić information content (AvgIpc) is 3.32. The van der Waals surface area contributed by atoms with Crippen molar-refractivity contribution in [3.8, 4) is 6.07 Å². The van der Waals surface area contributed by atoms with Crippen LogP contribution >= 0.6 is 11.3 Å². The first kappa shape index (κ1) is 27.7.